The first-order valence-corrected chi connectivity index (χ1v) is 8.55. The Balaban J connectivity index is 1.82. The summed E-state index contributed by atoms with van der Waals surface area (Å²) in [7, 11) is 0. The maximum absolute atomic E-state index is 11.9. The summed E-state index contributed by atoms with van der Waals surface area (Å²) in [6, 6.07) is 5.88. The Bertz CT molecular complexity index is 628. The number of ether oxygens (including phenoxy) is 1. The van der Waals surface area contributed by atoms with E-state index in [2.05, 4.69) is 10.6 Å². The number of aliphatic carboxylic acids is 1. The average molecular weight is 348 g/mol. The SMILES string of the molecule is CCCC[C@H](NC(=O)COc1cccc(NC(=O)C2CC2)c1)C(=O)O. The van der Waals surface area contributed by atoms with Crippen LogP contribution < -0.4 is 15.4 Å². The second kappa shape index (κ2) is 9.05. The molecule has 2 amide bonds. The number of amides is 2. The van der Waals surface area contributed by atoms with E-state index >= 15 is 0 Å². The summed E-state index contributed by atoms with van der Waals surface area (Å²) in [5.74, 6) is -1.01. The van der Waals surface area contributed by atoms with E-state index in [9.17, 15) is 14.4 Å². The van der Waals surface area contributed by atoms with Gasteiger partial charge in [-0.1, -0.05) is 25.8 Å². The lowest BCUT2D eigenvalue weighted by molar-refractivity contribution is -0.142. The second-order valence-electron chi connectivity index (χ2n) is 6.18. The number of carbonyl (C=O) groups is 3. The smallest absolute Gasteiger partial charge is 0.326 e. The molecule has 0 spiro atoms. The molecule has 1 aliphatic carbocycles. The minimum absolute atomic E-state index is 0.00452. The number of hydrogen-bond donors (Lipinski definition) is 3. The zero-order chi connectivity index (χ0) is 18.2. The Labute approximate surface area is 146 Å². The minimum Gasteiger partial charge on any atom is -0.484 e. The number of hydrogen-bond acceptors (Lipinski definition) is 4. The summed E-state index contributed by atoms with van der Waals surface area (Å²) >= 11 is 0. The maximum Gasteiger partial charge on any atom is 0.326 e. The van der Waals surface area contributed by atoms with E-state index < -0.39 is 17.9 Å². The van der Waals surface area contributed by atoms with Crippen molar-refractivity contribution in [1.29, 1.82) is 0 Å². The van der Waals surface area contributed by atoms with E-state index in [1.54, 1.807) is 24.3 Å². The standard InChI is InChI=1S/C18H24N2O5/c1-2-3-7-15(18(23)24)20-16(21)11-25-14-6-4-5-13(10-14)19-17(22)12-8-9-12/h4-6,10,12,15H,2-3,7-9,11H2,1H3,(H,19,22)(H,20,21)(H,23,24)/t15-/m0/s1. The number of carboxylic acid groups (broad SMARTS) is 1. The third kappa shape index (κ3) is 6.45. The van der Waals surface area contributed by atoms with Crippen molar-refractivity contribution >= 4 is 23.5 Å². The molecule has 7 nitrogen and oxygen atoms in total. The number of benzene rings is 1. The zero-order valence-corrected chi connectivity index (χ0v) is 14.3. The Morgan fingerprint density at radius 3 is 2.72 bits per heavy atom. The van der Waals surface area contributed by atoms with Crippen molar-refractivity contribution in [3.8, 4) is 5.75 Å². The van der Waals surface area contributed by atoms with Gasteiger partial charge in [-0.25, -0.2) is 4.79 Å². The van der Waals surface area contributed by atoms with Crippen LogP contribution in [-0.4, -0.2) is 35.5 Å². The molecule has 0 aromatic heterocycles. The summed E-state index contributed by atoms with van der Waals surface area (Å²) in [5.41, 5.74) is 0.612. The number of unbranched alkanes of at least 4 members (excludes halogenated alkanes) is 1. The minimum atomic E-state index is -1.05. The van der Waals surface area contributed by atoms with Crippen LogP contribution in [0.1, 0.15) is 39.0 Å². The topological polar surface area (TPSA) is 105 Å². The molecular formula is C18H24N2O5. The van der Waals surface area contributed by atoms with E-state index in [-0.39, 0.29) is 18.4 Å². The van der Waals surface area contributed by atoms with Crippen molar-refractivity contribution < 1.29 is 24.2 Å². The van der Waals surface area contributed by atoms with Crippen LogP contribution in [0.3, 0.4) is 0 Å². The summed E-state index contributed by atoms with van der Waals surface area (Å²) in [6.45, 7) is 1.68. The highest BCUT2D eigenvalue weighted by Gasteiger charge is 2.29. The molecule has 25 heavy (non-hydrogen) atoms. The van der Waals surface area contributed by atoms with Crippen LogP contribution in [0, 0.1) is 5.92 Å². The van der Waals surface area contributed by atoms with E-state index in [0.717, 1.165) is 25.7 Å². The van der Waals surface area contributed by atoms with Gasteiger partial charge < -0.3 is 20.5 Å². The van der Waals surface area contributed by atoms with Gasteiger partial charge in [0, 0.05) is 17.7 Å². The number of rotatable bonds is 10. The molecule has 1 saturated carbocycles. The van der Waals surface area contributed by atoms with Crippen LogP contribution in [0.5, 0.6) is 5.75 Å². The van der Waals surface area contributed by atoms with Crippen molar-refractivity contribution in [1.82, 2.24) is 5.32 Å². The Hall–Kier alpha value is -2.57. The van der Waals surface area contributed by atoms with Crippen LogP contribution in [0.2, 0.25) is 0 Å². The van der Waals surface area contributed by atoms with Crippen LogP contribution in [0.25, 0.3) is 0 Å². The van der Waals surface area contributed by atoms with Gasteiger partial charge in [0.15, 0.2) is 6.61 Å². The maximum atomic E-state index is 11.9. The summed E-state index contributed by atoms with van der Waals surface area (Å²) in [6.07, 6.45) is 3.81. The molecule has 0 radical (unpaired) electrons. The molecule has 3 N–H and O–H groups in total. The highest BCUT2D eigenvalue weighted by atomic mass is 16.5. The van der Waals surface area contributed by atoms with E-state index in [4.69, 9.17) is 9.84 Å². The largest absolute Gasteiger partial charge is 0.484 e. The third-order valence-electron chi connectivity index (χ3n) is 3.90. The summed E-state index contributed by atoms with van der Waals surface area (Å²) < 4.78 is 5.39. The monoisotopic (exact) mass is 348 g/mol. The normalized spacial score (nSPS) is 14.4. The predicted molar refractivity (Wildman–Crippen MR) is 92.4 cm³/mol. The summed E-state index contributed by atoms with van der Waals surface area (Å²) in [5, 5.41) is 14.4. The second-order valence-corrected chi connectivity index (χ2v) is 6.18. The lowest BCUT2D eigenvalue weighted by Gasteiger charge is -2.14. The molecule has 7 heteroatoms. The molecule has 2 rings (SSSR count). The number of nitrogens with one attached hydrogen (secondary N) is 2. The fourth-order valence-corrected chi connectivity index (χ4v) is 2.30. The van der Waals surface area contributed by atoms with Crippen molar-refractivity contribution in [3.05, 3.63) is 24.3 Å². The molecule has 1 aliphatic rings. The highest BCUT2D eigenvalue weighted by Crippen LogP contribution is 2.30. The van der Waals surface area contributed by atoms with Gasteiger partial charge in [-0.15, -0.1) is 0 Å². The first kappa shape index (κ1) is 18.8. The van der Waals surface area contributed by atoms with Gasteiger partial charge in [0.25, 0.3) is 5.91 Å². The van der Waals surface area contributed by atoms with Crippen molar-refractivity contribution in [2.75, 3.05) is 11.9 Å². The molecule has 1 atom stereocenters. The molecule has 1 aromatic rings. The molecule has 0 saturated heterocycles. The zero-order valence-electron chi connectivity index (χ0n) is 14.3. The number of carbonyl (C=O) groups excluding carboxylic acids is 2. The van der Waals surface area contributed by atoms with Crippen molar-refractivity contribution in [2.45, 2.75) is 45.1 Å². The molecule has 0 unspecified atom stereocenters. The van der Waals surface area contributed by atoms with E-state index in [1.165, 1.54) is 0 Å². The van der Waals surface area contributed by atoms with Gasteiger partial charge in [-0.05, 0) is 31.4 Å². The van der Waals surface area contributed by atoms with E-state index in [0.29, 0.717) is 17.9 Å². The highest BCUT2D eigenvalue weighted by molar-refractivity contribution is 5.94. The Morgan fingerprint density at radius 1 is 1.32 bits per heavy atom. The van der Waals surface area contributed by atoms with Gasteiger partial charge in [-0.3, -0.25) is 9.59 Å². The van der Waals surface area contributed by atoms with Crippen LogP contribution in [0.4, 0.5) is 5.69 Å². The van der Waals surface area contributed by atoms with Crippen LogP contribution in [-0.2, 0) is 14.4 Å². The van der Waals surface area contributed by atoms with Gasteiger partial charge in [0.2, 0.25) is 5.91 Å². The fraction of sp³-hybridized carbons (Fsp3) is 0.500. The average Bonchev–Trinajstić information content (AvgIpc) is 3.42. The number of anilines is 1. The molecule has 1 aromatic carbocycles. The molecular weight excluding hydrogens is 324 g/mol. The summed E-state index contributed by atoms with van der Waals surface area (Å²) in [4.78, 5) is 34.8. The third-order valence-corrected chi connectivity index (χ3v) is 3.90. The molecule has 0 bridgehead atoms. The Morgan fingerprint density at radius 2 is 2.08 bits per heavy atom. The Kier molecular flexibility index (Phi) is 6.80. The van der Waals surface area contributed by atoms with Crippen molar-refractivity contribution in [2.24, 2.45) is 5.92 Å². The molecule has 0 heterocycles. The van der Waals surface area contributed by atoms with Crippen molar-refractivity contribution in [3.63, 3.8) is 0 Å². The molecule has 136 valence electrons. The fourth-order valence-electron chi connectivity index (χ4n) is 2.30. The van der Waals surface area contributed by atoms with Gasteiger partial charge in [-0.2, -0.15) is 0 Å². The van der Waals surface area contributed by atoms with Gasteiger partial charge in [0.05, 0.1) is 0 Å². The van der Waals surface area contributed by atoms with Gasteiger partial charge in [0.1, 0.15) is 11.8 Å². The first-order chi connectivity index (χ1) is 12.0. The molecule has 1 fully saturated rings. The van der Waals surface area contributed by atoms with Gasteiger partial charge >= 0.3 is 5.97 Å². The van der Waals surface area contributed by atoms with E-state index in [1.807, 2.05) is 6.92 Å². The molecule has 0 aliphatic heterocycles. The quantitative estimate of drug-likeness (QED) is 0.601. The lowest BCUT2D eigenvalue weighted by Crippen LogP contribution is -2.42. The first-order valence-electron chi connectivity index (χ1n) is 8.55. The number of carboxylic acids is 1. The van der Waals surface area contributed by atoms with Crippen LogP contribution >= 0.6 is 0 Å². The predicted octanol–water partition coefficient (Wildman–Crippen LogP) is 2.17. The lowest BCUT2D eigenvalue weighted by atomic mass is 10.1. The van der Waals surface area contributed by atoms with Crippen LogP contribution in [0.15, 0.2) is 24.3 Å².